The number of benzene rings is 1. The summed E-state index contributed by atoms with van der Waals surface area (Å²) in [5.41, 5.74) is 0.781. The molecule has 0 spiro atoms. The highest BCUT2D eigenvalue weighted by molar-refractivity contribution is 7.46. The molecule has 0 bridgehead atoms. The molecule has 1 unspecified atom stereocenters. The number of nitrogens with one attached hydrogen (secondary N) is 1. The van der Waals surface area contributed by atoms with Crippen molar-refractivity contribution < 1.29 is 32.9 Å². The van der Waals surface area contributed by atoms with Crippen molar-refractivity contribution in [1.29, 1.82) is 0 Å². The summed E-state index contributed by atoms with van der Waals surface area (Å²) >= 11 is 0. The van der Waals surface area contributed by atoms with Gasteiger partial charge in [-0.05, 0) is 6.42 Å². The highest BCUT2D eigenvalue weighted by Crippen LogP contribution is 2.39. The van der Waals surface area contributed by atoms with Gasteiger partial charge in [0.15, 0.2) is 11.6 Å². The largest absolute Gasteiger partial charge is 0.472 e. The standard InChI is InChI=1S/C16H21N2O7P/c1-2-3-5-10-15(25-26(20,21)22)23-16(19)17-14-11-13(24-18-14)12-8-6-4-7-9-12/h4,6-9,11,15H,2-3,5,10H2,1H3,(H,17,18,19)(H2,20,21,22). The fourth-order valence-electron chi connectivity index (χ4n) is 2.17. The molecule has 10 heteroatoms. The predicted molar refractivity (Wildman–Crippen MR) is 93.1 cm³/mol. The molecule has 1 amide bonds. The predicted octanol–water partition coefficient (Wildman–Crippen LogP) is 3.91. The summed E-state index contributed by atoms with van der Waals surface area (Å²) in [5, 5.41) is 6.05. The maximum absolute atomic E-state index is 11.9. The Kier molecular flexibility index (Phi) is 7.35. The van der Waals surface area contributed by atoms with Crippen LogP contribution < -0.4 is 5.32 Å². The second-order valence-electron chi connectivity index (χ2n) is 5.49. The van der Waals surface area contributed by atoms with Crippen molar-refractivity contribution in [3.8, 4) is 11.3 Å². The molecule has 1 atom stereocenters. The van der Waals surface area contributed by atoms with E-state index in [1.807, 2.05) is 37.3 Å². The Morgan fingerprint density at radius 2 is 2.04 bits per heavy atom. The lowest BCUT2D eigenvalue weighted by atomic mass is 10.2. The molecular formula is C16H21N2O7P. The van der Waals surface area contributed by atoms with Crippen LogP contribution in [0.5, 0.6) is 0 Å². The second-order valence-corrected chi connectivity index (χ2v) is 6.69. The number of anilines is 1. The quantitative estimate of drug-likeness (QED) is 0.337. The fourth-order valence-corrected chi connectivity index (χ4v) is 2.63. The summed E-state index contributed by atoms with van der Waals surface area (Å²) in [6, 6.07) is 10.7. The number of ether oxygens (including phenoxy) is 1. The number of nitrogens with zero attached hydrogens (tertiary/aromatic N) is 1. The van der Waals surface area contributed by atoms with Gasteiger partial charge in [-0.2, -0.15) is 0 Å². The summed E-state index contributed by atoms with van der Waals surface area (Å²) in [6.45, 7) is 1.97. The van der Waals surface area contributed by atoms with Gasteiger partial charge in [-0.1, -0.05) is 55.3 Å². The molecule has 1 aromatic heterocycles. The van der Waals surface area contributed by atoms with E-state index in [1.54, 1.807) is 0 Å². The summed E-state index contributed by atoms with van der Waals surface area (Å²) < 4.78 is 25.6. The Hall–Kier alpha value is -2.19. The van der Waals surface area contributed by atoms with Crippen molar-refractivity contribution in [1.82, 2.24) is 5.16 Å². The number of phosphoric ester groups is 1. The van der Waals surface area contributed by atoms with Crippen LogP contribution in [0.1, 0.15) is 32.6 Å². The Labute approximate surface area is 150 Å². The molecule has 0 aliphatic heterocycles. The summed E-state index contributed by atoms with van der Waals surface area (Å²) in [5.74, 6) is 0.559. The monoisotopic (exact) mass is 384 g/mol. The van der Waals surface area contributed by atoms with Gasteiger partial charge < -0.3 is 19.0 Å². The van der Waals surface area contributed by atoms with Crippen LogP contribution in [0.25, 0.3) is 11.3 Å². The van der Waals surface area contributed by atoms with Gasteiger partial charge in [-0.15, -0.1) is 0 Å². The van der Waals surface area contributed by atoms with E-state index in [-0.39, 0.29) is 12.2 Å². The molecule has 2 rings (SSSR count). The van der Waals surface area contributed by atoms with Crippen LogP contribution in [-0.4, -0.2) is 27.3 Å². The second kappa shape index (κ2) is 9.49. The Morgan fingerprint density at radius 1 is 1.31 bits per heavy atom. The van der Waals surface area contributed by atoms with E-state index in [0.29, 0.717) is 12.2 Å². The molecule has 3 N–H and O–H groups in total. The average Bonchev–Trinajstić information content (AvgIpc) is 3.02. The molecule has 142 valence electrons. The first-order valence-electron chi connectivity index (χ1n) is 8.11. The smallest absolute Gasteiger partial charge is 0.419 e. The molecule has 0 aliphatic carbocycles. The third kappa shape index (κ3) is 6.97. The number of unbranched alkanes of at least 4 members (excludes halogenated alkanes) is 2. The third-order valence-corrected chi connectivity index (χ3v) is 3.85. The maximum Gasteiger partial charge on any atom is 0.472 e. The van der Waals surface area contributed by atoms with E-state index in [9.17, 15) is 9.36 Å². The van der Waals surface area contributed by atoms with Crippen LogP contribution in [-0.2, 0) is 13.8 Å². The first-order chi connectivity index (χ1) is 12.4. The van der Waals surface area contributed by atoms with Gasteiger partial charge >= 0.3 is 13.9 Å². The zero-order valence-electron chi connectivity index (χ0n) is 14.2. The highest BCUT2D eigenvalue weighted by Gasteiger charge is 2.25. The van der Waals surface area contributed by atoms with Crippen LogP contribution in [0.15, 0.2) is 40.9 Å². The van der Waals surface area contributed by atoms with Crippen LogP contribution in [0.4, 0.5) is 10.6 Å². The number of amides is 1. The Bertz CT molecular complexity index is 744. The van der Waals surface area contributed by atoms with Crippen LogP contribution in [0.3, 0.4) is 0 Å². The highest BCUT2D eigenvalue weighted by atomic mass is 31.2. The number of hydrogen-bond acceptors (Lipinski definition) is 6. The van der Waals surface area contributed by atoms with Crippen LogP contribution in [0, 0.1) is 0 Å². The lowest BCUT2D eigenvalue weighted by Gasteiger charge is -2.18. The minimum atomic E-state index is -4.78. The molecule has 0 saturated carbocycles. The minimum absolute atomic E-state index is 0.109. The maximum atomic E-state index is 11.9. The van der Waals surface area contributed by atoms with Crippen molar-refractivity contribution in [2.75, 3.05) is 5.32 Å². The van der Waals surface area contributed by atoms with E-state index in [2.05, 4.69) is 15.0 Å². The zero-order chi connectivity index (χ0) is 19.0. The molecule has 0 radical (unpaired) electrons. The first kappa shape index (κ1) is 20.1. The molecule has 2 aromatic rings. The average molecular weight is 384 g/mol. The number of rotatable bonds is 9. The van der Waals surface area contributed by atoms with Gasteiger partial charge in [0.25, 0.3) is 0 Å². The van der Waals surface area contributed by atoms with Gasteiger partial charge in [0, 0.05) is 18.1 Å². The number of carbonyl (C=O) groups excluding carboxylic acids is 1. The number of hydrogen-bond donors (Lipinski definition) is 3. The summed E-state index contributed by atoms with van der Waals surface area (Å²) in [6.07, 6.45) is 0.165. The molecule has 9 nitrogen and oxygen atoms in total. The van der Waals surface area contributed by atoms with E-state index in [0.717, 1.165) is 18.4 Å². The third-order valence-electron chi connectivity index (χ3n) is 3.34. The van der Waals surface area contributed by atoms with Gasteiger partial charge in [-0.3, -0.25) is 5.32 Å². The SMILES string of the molecule is CCCCCC(OC(=O)Nc1cc(-c2ccccc2)on1)OP(=O)(O)O. The van der Waals surface area contributed by atoms with Gasteiger partial charge in [0.2, 0.25) is 6.29 Å². The molecule has 0 fully saturated rings. The Balaban J connectivity index is 1.94. The topological polar surface area (TPSA) is 131 Å². The molecule has 0 saturated heterocycles. The minimum Gasteiger partial charge on any atom is -0.419 e. The summed E-state index contributed by atoms with van der Waals surface area (Å²) in [4.78, 5) is 29.8. The molecule has 26 heavy (non-hydrogen) atoms. The van der Waals surface area contributed by atoms with Crippen molar-refractivity contribution in [3.05, 3.63) is 36.4 Å². The van der Waals surface area contributed by atoms with Crippen LogP contribution in [0.2, 0.25) is 0 Å². The number of aromatic nitrogens is 1. The van der Waals surface area contributed by atoms with Crippen molar-refractivity contribution in [2.24, 2.45) is 0 Å². The molecule has 0 aliphatic rings. The molecule has 1 heterocycles. The zero-order valence-corrected chi connectivity index (χ0v) is 15.1. The van der Waals surface area contributed by atoms with Gasteiger partial charge in [-0.25, -0.2) is 13.9 Å². The number of phosphoric acid groups is 1. The molecule has 1 aromatic carbocycles. The van der Waals surface area contributed by atoms with Crippen molar-refractivity contribution in [3.63, 3.8) is 0 Å². The van der Waals surface area contributed by atoms with E-state index in [1.165, 1.54) is 6.07 Å². The van der Waals surface area contributed by atoms with E-state index in [4.69, 9.17) is 19.0 Å². The van der Waals surface area contributed by atoms with Crippen LogP contribution >= 0.6 is 7.82 Å². The first-order valence-corrected chi connectivity index (χ1v) is 9.64. The molecular weight excluding hydrogens is 363 g/mol. The van der Waals surface area contributed by atoms with Crippen molar-refractivity contribution in [2.45, 2.75) is 38.9 Å². The Morgan fingerprint density at radius 3 is 2.69 bits per heavy atom. The van der Waals surface area contributed by atoms with Gasteiger partial charge in [0.05, 0.1) is 0 Å². The fraction of sp³-hybridized carbons (Fsp3) is 0.375. The normalized spacial score (nSPS) is 12.6. The van der Waals surface area contributed by atoms with Gasteiger partial charge in [0.1, 0.15) is 0 Å². The summed E-state index contributed by atoms with van der Waals surface area (Å²) in [7, 11) is -4.78. The lowest BCUT2D eigenvalue weighted by Crippen LogP contribution is -2.24. The lowest BCUT2D eigenvalue weighted by molar-refractivity contribution is -0.0485. The number of carbonyl (C=O) groups is 1. The van der Waals surface area contributed by atoms with Crippen molar-refractivity contribution >= 4 is 19.7 Å². The van der Waals surface area contributed by atoms with E-state index >= 15 is 0 Å². The van der Waals surface area contributed by atoms with E-state index < -0.39 is 20.2 Å².